The molecule has 0 atom stereocenters. The first-order valence-electron chi connectivity index (χ1n) is 8.39. The van der Waals surface area contributed by atoms with Gasteiger partial charge >= 0.3 is 6.61 Å². The first-order valence-corrected chi connectivity index (χ1v) is 8.39. The average Bonchev–Trinajstić information content (AvgIpc) is 2.64. The van der Waals surface area contributed by atoms with E-state index in [1.54, 1.807) is 13.2 Å². The van der Waals surface area contributed by atoms with Crippen LogP contribution < -0.4 is 25.4 Å². The van der Waals surface area contributed by atoms with Gasteiger partial charge in [-0.2, -0.15) is 8.78 Å². The molecule has 1 amide bonds. The SMILES string of the molecule is CCNC(=NCc1cc(OC)ccc1OC(F)F)NCC(=O)NCCOC.I. The number of alkyl halides is 2. The molecule has 3 N–H and O–H groups in total. The Kier molecular flexibility index (Phi) is 14.1. The molecule has 1 rings (SSSR count). The number of hydrogen-bond donors (Lipinski definition) is 3. The molecule has 0 aliphatic heterocycles. The highest BCUT2D eigenvalue weighted by Gasteiger charge is 2.11. The molecule has 0 heterocycles. The molecule has 0 aliphatic carbocycles. The Morgan fingerprint density at radius 1 is 1.21 bits per heavy atom. The fourth-order valence-electron chi connectivity index (χ4n) is 2.04. The smallest absolute Gasteiger partial charge is 0.387 e. The van der Waals surface area contributed by atoms with E-state index in [4.69, 9.17) is 9.47 Å². The number of rotatable bonds is 11. The lowest BCUT2D eigenvalue weighted by Crippen LogP contribution is -2.43. The van der Waals surface area contributed by atoms with E-state index in [0.29, 0.717) is 37.0 Å². The van der Waals surface area contributed by atoms with Gasteiger partial charge in [0, 0.05) is 25.8 Å². The van der Waals surface area contributed by atoms with Crippen LogP contribution in [-0.4, -0.2) is 58.9 Å². The van der Waals surface area contributed by atoms with Crippen LogP contribution in [0.4, 0.5) is 8.78 Å². The summed E-state index contributed by atoms with van der Waals surface area (Å²) >= 11 is 0. The quantitative estimate of drug-likeness (QED) is 0.180. The summed E-state index contributed by atoms with van der Waals surface area (Å²) in [7, 11) is 3.02. The fraction of sp³-hybridized carbons (Fsp3) is 0.529. The van der Waals surface area contributed by atoms with Gasteiger partial charge in [-0.15, -0.1) is 24.0 Å². The minimum Gasteiger partial charge on any atom is -0.497 e. The van der Waals surface area contributed by atoms with Gasteiger partial charge in [-0.1, -0.05) is 0 Å². The van der Waals surface area contributed by atoms with Crippen LogP contribution in [-0.2, 0) is 16.1 Å². The van der Waals surface area contributed by atoms with Crippen molar-refractivity contribution in [2.24, 2.45) is 4.99 Å². The number of carbonyl (C=O) groups is 1. The zero-order chi connectivity index (χ0) is 20.1. The second kappa shape index (κ2) is 15.1. The largest absolute Gasteiger partial charge is 0.497 e. The Labute approximate surface area is 180 Å². The summed E-state index contributed by atoms with van der Waals surface area (Å²) in [6.45, 7) is 0.380. The zero-order valence-corrected chi connectivity index (χ0v) is 18.4. The maximum atomic E-state index is 12.6. The van der Waals surface area contributed by atoms with Crippen LogP contribution >= 0.6 is 24.0 Å². The lowest BCUT2D eigenvalue weighted by molar-refractivity contribution is -0.120. The molecule has 0 fully saturated rings. The predicted octanol–water partition coefficient (Wildman–Crippen LogP) is 1.73. The van der Waals surface area contributed by atoms with Gasteiger partial charge < -0.3 is 30.2 Å². The van der Waals surface area contributed by atoms with E-state index in [2.05, 4.69) is 25.7 Å². The van der Waals surface area contributed by atoms with E-state index >= 15 is 0 Å². The number of guanidine groups is 1. The maximum absolute atomic E-state index is 12.6. The van der Waals surface area contributed by atoms with Gasteiger partial charge in [0.15, 0.2) is 5.96 Å². The first-order chi connectivity index (χ1) is 13.0. The topological polar surface area (TPSA) is 93.2 Å². The summed E-state index contributed by atoms with van der Waals surface area (Å²) in [5, 5.41) is 8.52. The molecule has 28 heavy (non-hydrogen) atoms. The predicted molar refractivity (Wildman–Crippen MR) is 113 cm³/mol. The van der Waals surface area contributed by atoms with E-state index in [1.165, 1.54) is 19.2 Å². The number of benzene rings is 1. The minimum absolute atomic E-state index is 0. The molecule has 0 bridgehead atoms. The molecule has 0 saturated heterocycles. The van der Waals surface area contributed by atoms with Gasteiger partial charge in [-0.05, 0) is 25.1 Å². The molecule has 11 heteroatoms. The van der Waals surface area contributed by atoms with E-state index in [9.17, 15) is 13.6 Å². The number of methoxy groups -OCH3 is 2. The van der Waals surface area contributed by atoms with Gasteiger partial charge in [0.05, 0.1) is 26.8 Å². The summed E-state index contributed by atoms with van der Waals surface area (Å²) in [4.78, 5) is 16.0. The summed E-state index contributed by atoms with van der Waals surface area (Å²) in [5.74, 6) is 0.658. The number of nitrogens with one attached hydrogen (secondary N) is 3. The maximum Gasteiger partial charge on any atom is 0.387 e. The second-order valence-electron chi connectivity index (χ2n) is 5.24. The Balaban J connectivity index is 0.00000729. The molecular formula is C17H27F2IN4O4. The third-order valence-electron chi connectivity index (χ3n) is 3.28. The molecule has 0 aromatic heterocycles. The number of carbonyl (C=O) groups excluding carboxylic acids is 1. The Bertz CT molecular complexity index is 621. The van der Waals surface area contributed by atoms with Gasteiger partial charge in [0.1, 0.15) is 11.5 Å². The number of ether oxygens (including phenoxy) is 3. The number of aliphatic imine (C=N–C) groups is 1. The van der Waals surface area contributed by atoms with Crippen molar-refractivity contribution < 1.29 is 27.8 Å². The van der Waals surface area contributed by atoms with Crippen molar-refractivity contribution in [2.45, 2.75) is 20.1 Å². The third-order valence-corrected chi connectivity index (χ3v) is 3.28. The number of nitrogens with zero attached hydrogens (tertiary/aromatic N) is 1. The van der Waals surface area contributed by atoms with Crippen LogP contribution in [0, 0.1) is 0 Å². The second-order valence-corrected chi connectivity index (χ2v) is 5.24. The van der Waals surface area contributed by atoms with Crippen molar-refractivity contribution in [1.82, 2.24) is 16.0 Å². The van der Waals surface area contributed by atoms with Crippen LogP contribution in [0.3, 0.4) is 0 Å². The van der Waals surface area contributed by atoms with Crippen LogP contribution in [0.15, 0.2) is 23.2 Å². The Morgan fingerprint density at radius 3 is 2.57 bits per heavy atom. The third kappa shape index (κ3) is 10.4. The van der Waals surface area contributed by atoms with Gasteiger partial charge in [-0.25, -0.2) is 4.99 Å². The van der Waals surface area contributed by atoms with Crippen molar-refractivity contribution in [3.63, 3.8) is 0 Å². The van der Waals surface area contributed by atoms with Crippen LogP contribution in [0.1, 0.15) is 12.5 Å². The van der Waals surface area contributed by atoms with Crippen molar-refractivity contribution in [1.29, 1.82) is 0 Å². The highest BCUT2D eigenvalue weighted by molar-refractivity contribution is 14.0. The molecule has 0 spiro atoms. The van der Waals surface area contributed by atoms with E-state index in [1.807, 2.05) is 6.92 Å². The van der Waals surface area contributed by atoms with Crippen molar-refractivity contribution >= 4 is 35.8 Å². The van der Waals surface area contributed by atoms with E-state index in [0.717, 1.165) is 0 Å². The van der Waals surface area contributed by atoms with Gasteiger partial charge in [0.25, 0.3) is 0 Å². The molecule has 0 saturated carbocycles. The van der Waals surface area contributed by atoms with Crippen LogP contribution in [0.5, 0.6) is 11.5 Å². The molecule has 0 aliphatic rings. The number of amides is 1. The summed E-state index contributed by atoms with van der Waals surface area (Å²) < 4.78 is 39.6. The summed E-state index contributed by atoms with van der Waals surface area (Å²) in [5.41, 5.74) is 0.427. The summed E-state index contributed by atoms with van der Waals surface area (Å²) in [6.07, 6.45) is 0. The van der Waals surface area contributed by atoms with E-state index in [-0.39, 0.29) is 48.7 Å². The minimum atomic E-state index is -2.94. The molecule has 0 radical (unpaired) electrons. The van der Waals surface area contributed by atoms with Crippen molar-refractivity contribution in [2.75, 3.05) is 40.5 Å². The lowest BCUT2D eigenvalue weighted by Gasteiger charge is -2.13. The van der Waals surface area contributed by atoms with Crippen molar-refractivity contribution in [3.8, 4) is 11.5 Å². The molecule has 8 nitrogen and oxygen atoms in total. The molecular weight excluding hydrogens is 489 g/mol. The summed E-state index contributed by atoms with van der Waals surface area (Å²) in [6, 6.07) is 4.50. The monoisotopic (exact) mass is 516 g/mol. The first kappa shape index (κ1) is 26.1. The highest BCUT2D eigenvalue weighted by atomic mass is 127. The van der Waals surface area contributed by atoms with E-state index < -0.39 is 6.61 Å². The lowest BCUT2D eigenvalue weighted by atomic mass is 10.2. The Morgan fingerprint density at radius 2 is 1.96 bits per heavy atom. The Hall–Kier alpha value is -1.89. The van der Waals surface area contributed by atoms with Gasteiger partial charge in [-0.3, -0.25) is 4.79 Å². The highest BCUT2D eigenvalue weighted by Crippen LogP contribution is 2.26. The average molecular weight is 516 g/mol. The molecule has 160 valence electrons. The molecule has 1 aromatic rings. The van der Waals surface area contributed by atoms with Crippen LogP contribution in [0.25, 0.3) is 0 Å². The van der Waals surface area contributed by atoms with Gasteiger partial charge in [0.2, 0.25) is 5.91 Å². The zero-order valence-electron chi connectivity index (χ0n) is 16.1. The number of hydrogen-bond acceptors (Lipinski definition) is 5. The van der Waals surface area contributed by atoms with Crippen LogP contribution in [0.2, 0.25) is 0 Å². The molecule has 0 unspecified atom stereocenters. The standard InChI is InChI=1S/C17H26F2N4O4.HI/c1-4-20-17(23-11-15(24)21-7-8-25-2)22-10-12-9-13(26-3)5-6-14(12)27-16(18)19;/h5-6,9,16H,4,7-8,10-11H2,1-3H3,(H,21,24)(H2,20,22,23);1H. The molecule has 1 aromatic carbocycles. The fourth-order valence-corrected chi connectivity index (χ4v) is 2.04. The van der Waals surface area contributed by atoms with Crippen molar-refractivity contribution in [3.05, 3.63) is 23.8 Å². The normalized spacial score (nSPS) is 10.9. The number of halogens is 3.